The number of halogens is 4. The number of hydrogen-bond donors (Lipinski definition) is 2. The number of para-hydroxylation sites is 1. The van der Waals surface area contributed by atoms with Crippen molar-refractivity contribution in [2.24, 2.45) is 0 Å². The fourth-order valence-electron chi connectivity index (χ4n) is 2.44. The molecule has 0 saturated carbocycles. The summed E-state index contributed by atoms with van der Waals surface area (Å²) in [5.74, 6) is -0.521. The first kappa shape index (κ1) is 19.5. The highest BCUT2D eigenvalue weighted by atomic mass is 79.9. The summed E-state index contributed by atoms with van der Waals surface area (Å²) < 4.78 is 39.8. The third kappa shape index (κ3) is 5.57. The van der Waals surface area contributed by atoms with E-state index >= 15 is 0 Å². The van der Waals surface area contributed by atoms with Gasteiger partial charge < -0.3 is 10.6 Å². The maximum Gasteiger partial charge on any atom is 0.418 e. The fourth-order valence-corrected chi connectivity index (χ4v) is 2.71. The Kier molecular flexibility index (Phi) is 6.61. The number of amides is 1. The third-order valence-corrected chi connectivity index (χ3v) is 4.22. The Hall–Kier alpha value is -1.86. The van der Waals surface area contributed by atoms with Crippen LogP contribution >= 0.6 is 15.9 Å². The van der Waals surface area contributed by atoms with Crippen LogP contribution in [0.15, 0.2) is 53.0 Å². The predicted molar refractivity (Wildman–Crippen MR) is 95.3 cm³/mol. The first-order valence-electron chi connectivity index (χ1n) is 7.76. The van der Waals surface area contributed by atoms with Crippen molar-refractivity contribution in [1.29, 1.82) is 0 Å². The first-order chi connectivity index (χ1) is 11.8. The fraction of sp³-hybridized carbons (Fsp3) is 0.278. The lowest BCUT2D eigenvalue weighted by Crippen LogP contribution is -2.31. The van der Waals surface area contributed by atoms with Gasteiger partial charge in [-0.1, -0.05) is 47.1 Å². The summed E-state index contributed by atoms with van der Waals surface area (Å²) in [5.41, 5.74) is -0.0871. The molecule has 0 saturated heterocycles. The van der Waals surface area contributed by atoms with Crippen LogP contribution in [0.3, 0.4) is 0 Å². The van der Waals surface area contributed by atoms with Crippen LogP contribution in [-0.4, -0.2) is 12.5 Å². The minimum Gasteiger partial charge on any atom is -0.324 e. The van der Waals surface area contributed by atoms with Crippen LogP contribution in [0.25, 0.3) is 0 Å². The summed E-state index contributed by atoms with van der Waals surface area (Å²) in [6, 6.07) is 12.5. The second-order valence-corrected chi connectivity index (χ2v) is 6.40. The quantitative estimate of drug-likeness (QED) is 0.686. The second kappa shape index (κ2) is 8.49. The molecule has 7 heteroatoms. The molecule has 25 heavy (non-hydrogen) atoms. The molecular formula is C18H18BrF3N2O. The van der Waals surface area contributed by atoms with Crippen LogP contribution in [0.1, 0.15) is 30.5 Å². The molecule has 2 N–H and O–H groups in total. The van der Waals surface area contributed by atoms with Crippen LogP contribution in [0, 0.1) is 0 Å². The average molecular weight is 415 g/mol. The van der Waals surface area contributed by atoms with Crippen molar-refractivity contribution >= 4 is 27.5 Å². The summed E-state index contributed by atoms with van der Waals surface area (Å²) in [6.45, 7) is 1.89. The molecule has 0 aromatic heterocycles. The molecule has 1 amide bonds. The zero-order valence-corrected chi connectivity index (χ0v) is 15.1. The van der Waals surface area contributed by atoms with Gasteiger partial charge in [-0.05, 0) is 36.2 Å². The Labute approximate surface area is 152 Å². The number of rotatable bonds is 6. The summed E-state index contributed by atoms with van der Waals surface area (Å²) in [6.07, 6.45) is -3.77. The molecule has 0 aliphatic carbocycles. The minimum absolute atomic E-state index is 0.0586. The van der Waals surface area contributed by atoms with E-state index in [2.05, 4.69) is 26.6 Å². The highest BCUT2D eigenvalue weighted by Gasteiger charge is 2.33. The van der Waals surface area contributed by atoms with E-state index in [1.165, 1.54) is 18.2 Å². The summed E-state index contributed by atoms with van der Waals surface area (Å²) in [4.78, 5) is 12.0. The molecule has 0 unspecified atom stereocenters. The molecule has 0 heterocycles. The highest BCUT2D eigenvalue weighted by molar-refractivity contribution is 9.10. The zero-order valence-electron chi connectivity index (χ0n) is 13.5. The van der Waals surface area contributed by atoms with Crippen LogP contribution in [0.2, 0.25) is 0 Å². The molecule has 0 aliphatic heterocycles. The van der Waals surface area contributed by atoms with Crippen molar-refractivity contribution in [2.75, 3.05) is 11.9 Å². The standard InChI is InChI=1S/C18H18BrF3N2O/c1-2-15(12-7-9-13(19)10-8-12)23-11-17(25)24-16-6-4-3-5-14(16)18(20,21)22/h3-10,15,23H,2,11H2,1H3,(H,24,25)/t15-/m1/s1. The van der Waals surface area contributed by atoms with E-state index in [0.717, 1.165) is 22.5 Å². The minimum atomic E-state index is -4.51. The molecule has 2 aromatic carbocycles. The van der Waals surface area contributed by atoms with E-state index in [-0.39, 0.29) is 18.3 Å². The van der Waals surface area contributed by atoms with Crippen LogP contribution in [0.4, 0.5) is 18.9 Å². The number of benzene rings is 2. The number of nitrogens with one attached hydrogen (secondary N) is 2. The van der Waals surface area contributed by atoms with Gasteiger partial charge >= 0.3 is 6.18 Å². The summed E-state index contributed by atoms with van der Waals surface area (Å²) in [7, 11) is 0. The molecule has 134 valence electrons. The number of anilines is 1. The van der Waals surface area contributed by atoms with E-state index in [0.29, 0.717) is 0 Å². The molecule has 2 aromatic rings. The van der Waals surface area contributed by atoms with Gasteiger partial charge in [-0.3, -0.25) is 4.79 Å². The molecular weight excluding hydrogens is 397 g/mol. The molecule has 0 bridgehead atoms. The van der Waals surface area contributed by atoms with Gasteiger partial charge in [-0.15, -0.1) is 0 Å². The van der Waals surface area contributed by atoms with Gasteiger partial charge in [-0.25, -0.2) is 0 Å². The Balaban J connectivity index is 2.00. The second-order valence-electron chi connectivity index (χ2n) is 5.48. The lowest BCUT2D eigenvalue weighted by Gasteiger charge is -2.18. The van der Waals surface area contributed by atoms with Gasteiger partial charge in [0.2, 0.25) is 5.91 Å². The molecule has 3 nitrogen and oxygen atoms in total. The Morgan fingerprint density at radius 3 is 2.36 bits per heavy atom. The molecule has 1 atom stereocenters. The van der Waals surface area contributed by atoms with Crippen molar-refractivity contribution in [3.8, 4) is 0 Å². The Morgan fingerprint density at radius 2 is 1.76 bits per heavy atom. The van der Waals surface area contributed by atoms with E-state index in [9.17, 15) is 18.0 Å². The van der Waals surface area contributed by atoms with Crippen molar-refractivity contribution in [2.45, 2.75) is 25.6 Å². The van der Waals surface area contributed by atoms with Crippen molar-refractivity contribution in [1.82, 2.24) is 5.32 Å². The Bertz CT molecular complexity index is 717. The van der Waals surface area contributed by atoms with E-state index in [1.807, 2.05) is 31.2 Å². The summed E-state index contributed by atoms with van der Waals surface area (Å²) >= 11 is 3.36. The lowest BCUT2D eigenvalue weighted by molar-refractivity contribution is -0.137. The normalized spacial score (nSPS) is 12.7. The SMILES string of the molecule is CC[C@@H](NCC(=O)Nc1ccccc1C(F)(F)F)c1ccc(Br)cc1. The lowest BCUT2D eigenvalue weighted by atomic mass is 10.0. The first-order valence-corrected chi connectivity index (χ1v) is 8.55. The highest BCUT2D eigenvalue weighted by Crippen LogP contribution is 2.34. The molecule has 2 rings (SSSR count). The van der Waals surface area contributed by atoms with Gasteiger partial charge in [0.05, 0.1) is 17.8 Å². The van der Waals surface area contributed by atoms with E-state index in [4.69, 9.17) is 0 Å². The van der Waals surface area contributed by atoms with Crippen molar-refractivity contribution in [3.05, 3.63) is 64.1 Å². The summed E-state index contributed by atoms with van der Waals surface area (Å²) in [5, 5.41) is 5.40. The average Bonchev–Trinajstić information content (AvgIpc) is 2.56. The van der Waals surface area contributed by atoms with Gasteiger partial charge in [0.25, 0.3) is 0 Å². The number of alkyl halides is 3. The monoisotopic (exact) mass is 414 g/mol. The van der Waals surface area contributed by atoms with Crippen LogP contribution in [0.5, 0.6) is 0 Å². The maximum atomic E-state index is 13.0. The Morgan fingerprint density at radius 1 is 1.12 bits per heavy atom. The number of hydrogen-bond acceptors (Lipinski definition) is 2. The smallest absolute Gasteiger partial charge is 0.324 e. The van der Waals surface area contributed by atoms with Gasteiger partial charge in [-0.2, -0.15) is 13.2 Å². The van der Waals surface area contributed by atoms with Crippen molar-refractivity contribution in [3.63, 3.8) is 0 Å². The van der Waals surface area contributed by atoms with E-state index in [1.54, 1.807) is 0 Å². The van der Waals surface area contributed by atoms with Crippen molar-refractivity contribution < 1.29 is 18.0 Å². The van der Waals surface area contributed by atoms with Crippen LogP contribution < -0.4 is 10.6 Å². The van der Waals surface area contributed by atoms with Gasteiger partial charge in [0.1, 0.15) is 0 Å². The van der Waals surface area contributed by atoms with Gasteiger partial charge in [0, 0.05) is 10.5 Å². The molecule has 0 fully saturated rings. The van der Waals surface area contributed by atoms with E-state index < -0.39 is 17.6 Å². The van der Waals surface area contributed by atoms with Crippen LogP contribution in [-0.2, 0) is 11.0 Å². The maximum absolute atomic E-state index is 13.0. The molecule has 0 radical (unpaired) electrons. The topological polar surface area (TPSA) is 41.1 Å². The predicted octanol–water partition coefficient (Wildman–Crippen LogP) is 5.15. The molecule has 0 aliphatic rings. The number of carbonyl (C=O) groups is 1. The zero-order chi connectivity index (χ0) is 18.4. The largest absolute Gasteiger partial charge is 0.418 e. The number of carbonyl (C=O) groups excluding carboxylic acids is 1. The van der Waals surface area contributed by atoms with Gasteiger partial charge in [0.15, 0.2) is 0 Å². The third-order valence-electron chi connectivity index (χ3n) is 3.70. The molecule has 0 spiro atoms.